The number of aliphatic hydroxyl groups is 1. The van der Waals surface area contributed by atoms with Gasteiger partial charge in [0.05, 0.1) is 12.2 Å². The molecule has 1 N–H and O–H groups in total. The van der Waals surface area contributed by atoms with Gasteiger partial charge in [0.1, 0.15) is 5.82 Å². The second-order valence-corrected chi connectivity index (χ2v) is 4.83. The van der Waals surface area contributed by atoms with Crippen LogP contribution in [-0.2, 0) is 4.74 Å². The number of benzene rings is 1. The fourth-order valence-electron chi connectivity index (χ4n) is 2.50. The van der Waals surface area contributed by atoms with Crippen molar-refractivity contribution in [3.05, 3.63) is 29.6 Å². The van der Waals surface area contributed by atoms with Gasteiger partial charge in [-0.3, -0.25) is 0 Å². The first-order valence-electron chi connectivity index (χ1n) is 6.37. The van der Waals surface area contributed by atoms with Gasteiger partial charge in [-0.1, -0.05) is 0 Å². The van der Waals surface area contributed by atoms with Gasteiger partial charge in [-0.05, 0) is 38.0 Å². The van der Waals surface area contributed by atoms with Gasteiger partial charge >= 0.3 is 0 Å². The highest BCUT2D eigenvalue weighted by Crippen LogP contribution is 2.29. The zero-order valence-electron chi connectivity index (χ0n) is 10.9. The number of nitrogens with zero attached hydrogens (tertiary/aromatic N) is 1. The van der Waals surface area contributed by atoms with Crippen LogP contribution in [0.5, 0.6) is 0 Å². The molecule has 1 aromatic carbocycles. The molecule has 0 spiro atoms. The zero-order chi connectivity index (χ0) is 13.1. The minimum Gasteiger partial charge on any atom is -0.389 e. The van der Waals surface area contributed by atoms with Crippen LogP contribution < -0.4 is 4.90 Å². The predicted molar refractivity (Wildman–Crippen MR) is 69.3 cm³/mol. The van der Waals surface area contributed by atoms with Gasteiger partial charge in [0.15, 0.2) is 0 Å². The minimum absolute atomic E-state index is 0.214. The fraction of sp³-hybridized carbons (Fsp3) is 0.571. The lowest BCUT2D eigenvalue weighted by atomic mass is 10.0. The smallest absolute Gasteiger partial charge is 0.123 e. The molecule has 0 bridgehead atoms. The number of methoxy groups -OCH3 is 1. The molecule has 2 atom stereocenters. The lowest BCUT2D eigenvalue weighted by Crippen LogP contribution is -2.39. The molecule has 4 heteroatoms. The molecule has 0 amide bonds. The quantitative estimate of drug-likeness (QED) is 0.898. The number of ether oxygens (including phenoxy) is 1. The van der Waals surface area contributed by atoms with Crippen molar-refractivity contribution >= 4 is 5.69 Å². The molecule has 1 aliphatic rings. The van der Waals surface area contributed by atoms with E-state index in [-0.39, 0.29) is 11.9 Å². The van der Waals surface area contributed by atoms with Crippen LogP contribution in [0.2, 0.25) is 0 Å². The fourth-order valence-corrected chi connectivity index (χ4v) is 2.50. The Kier molecular flexibility index (Phi) is 4.19. The zero-order valence-corrected chi connectivity index (χ0v) is 10.9. The predicted octanol–water partition coefficient (Wildman–Crippen LogP) is 2.49. The van der Waals surface area contributed by atoms with Crippen molar-refractivity contribution < 1.29 is 14.2 Å². The summed E-state index contributed by atoms with van der Waals surface area (Å²) < 4.78 is 18.7. The van der Waals surface area contributed by atoms with Gasteiger partial charge in [0.2, 0.25) is 0 Å². The molecule has 0 aliphatic carbocycles. The maximum atomic E-state index is 13.3. The SMILES string of the molecule is COC1CCCN(c2ccc(F)cc2[C@H](C)O)C1. The van der Waals surface area contributed by atoms with Crippen LogP contribution in [-0.4, -0.2) is 31.4 Å². The number of anilines is 1. The second-order valence-electron chi connectivity index (χ2n) is 4.83. The Hall–Kier alpha value is -1.13. The van der Waals surface area contributed by atoms with E-state index in [0.717, 1.165) is 31.6 Å². The third-order valence-electron chi connectivity index (χ3n) is 3.49. The lowest BCUT2D eigenvalue weighted by molar-refractivity contribution is 0.0891. The highest BCUT2D eigenvalue weighted by molar-refractivity contribution is 5.55. The van der Waals surface area contributed by atoms with E-state index in [9.17, 15) is 9.50 Å². The van der Waals surface area contributed by atoms with Crippen molar-refractivity contribution in [1.29, 1.82) is 0 Å². The minimum atomic E-state index is -0.668. The normalized spacial score (nSPS) is 22.0. The Morgan fingerprint density at radius 1 is 1.50 bits per heavy atom. The van der Waals surface area contributed by atoms with E-state index in [0.29, 0.717) is 5.56 Å². The summed E-state index contributed by atoms with van der Waals surface area (Å²) in [5.41, 5.74) is 1.56. The molecule has 0 aromatic heterocycles. The van der Waals surface area contributed by atoms with Crippen LogP contribution >= 0.6 is 0 Å². The molecular weight excluding hydrogens is 233 g/mol. The van der Waals surface area contributed by atoms with E-state index < -0.39 is 6.10 Å². The standard InChI is InChI=1S/C14H20FNO2/c1-10(17)13-8-11(15)5-6-14(13)16-7-3-4-12(9-16)18-2/h5-6,8,10,12,17H,3-4,7,9H2,1-2H3/t10-,12?/m0/s1. The van der Waals surface area contributed by atoms with E-state index >= 15 is 0 Å². The third kappa shape index (κ3) is 2.82. The molecule has 18 heavy (non-hydrogen) atoms. The first-order valence-corrected chi connectivity index (χ1v) is 6.37. The molecule has 3 nitrogen and oxygen atoms in total. The summed E-state index contributed by atoms with van der Waals surface area (Å²) in [4.78, 5) is 2.17. The van der Waals surface area contributed by atoms with E-state index in [1.165, 1.54) is 12.1 Å². The summed E-state index contributed by atoms with van der Waals surface area (Å²) in [7, 11) is 1.72. The molecule has 1 aliphatic heterocycles. The highest BCUT2D eigenvalue weighted by Gasteiger charge is 2.22. The largest absolute Gasteiger partial charge is 0.389 e. The van der Waals surface area contributed by atoms with Crippen molar-refractivity contribution in [3.63, 3.8) is 0 Å². The van der Waals surface area contributed by atoms with Crippen LogP contribution in [0.3, 0.4) is 0 Å². The number of hydrogen-bond acceptors (Lipinski definition) is 3. The van der Waals surface area contributed by atoms with Crippen LogP contribution in [0.25, 0.3) is 0 Å². The molecule has 1 heterocycles. The molecule has 2 rings (SSSR count). The lowest BCUT2D eigenvalue weighted by Gasteiger charge is -2.35. The van der Waals surface area contributed by atoms with Gasteiger partial charge in [0.25, 0.3) is 0 Å². The first-order chi connectivity index (χ1) is 8.61. The maximum Gasteiger partial charge on any atom is 0.123 e. The summed E-state index contributed by atoms with van der Waals surface area (Å²) in [6, 6.07) is 4.60. The summed E-state index contributed by atoms with van der Waals surface area (Å²) in [6.07, 6.45) is 1.65. The third-order valence-corrected chi connectivity index (χ3v) is 3.49. The molecule has 1 aromatic rings. The monoisotopic (exact) mass is 253 g/mol. The van der Waals surface area contributed by atoms with Gasteiger partial charge in [-0.2, -0.15) is 0 Å². The maximum absolute atomic E-state index is 13.3. The molecule has 100 valence electrons. The average Bonchev–Trinajstić information content (AvgIpc) is 2.38. The topological polar surface area (TPSA) is 32.7 Å². The van der Waals surface area contributed by atoms with E-state index in [4.69, 9.17) is 4.74 Å². The number of piperidine rings is 1. The van der Waals surface area contributed by atoms with Crippen molar-refractivity contribution in [2.45, 2.75) is 32.0 Å². The average molecular weight is 253 g/mol. The Balaban J connectivity index is 2.26. The van der Waals surface area contributed by atoms with Crippen LogP contribution in [0.15, 0.2) is 18.2 Å². The molecule has 1 saturated heterocycles. The van der Waals surface area contributed by atoms with Crippen LogP contribution in [0.4, 0.5) is 10.1 Å². The van der Waals surface area contributed by atoms with Crippen molar-refractivity contribution in [2.24, 2.45) is 0 Å². The molecule has 1 fully saturated rings. The first kappa shape index (κ1) is 13.3. The Morgan fingerprint density at radius 2 is 2.28 bits per heavy atom. The van der Waals surface area contributed by atoms with Gasteiger partial charge in [0, 0.05) is 31.5 Å². The summed E-state index contributed by atoms with van der Waals surface area (Å²) in [6.45, 7) is 3.38. The summed E-state index contributed by atoms with van der Waals surface area (Å²) >= 11 is 0. The van der Waals surface area contributed by atoms with Gasteiger partial charge < -0.3 is 14.7 Å². The van der Waals surface area contributed by atoms with E-state index in [1.54, 1.807) is 20.1 Å². The Morgan fingerprint density at radius 3 is 2.94 bits per heavy atom. The van der Waals surface area contributed by atoms with Crippen molar-refractivity contribution in [3.8, 4) is 0 Å². The van der Waals surface area contributed by atoms with E-state index in [1.807, 2.05) is 0 Å². The van der Waals surface area contributed by atoms with Gasteiger partial charge in [-0.25, -0.2) is 4.39 Å². The van der Waals surface area contributed by atoms with E-state index in [2.05, 4.69) is 4.90 Å². The number of aliphatic hydroxyl groups excluding tert-OH is 1. The van der Waals surface area contributed by atoms with Gasteiger partial charge in [-0.15, -0.1) is 0 Å². The van der Waals surface area contributed by atoms with Crippen molar-refractivity contribution in [1.82, 2.24) is 0 Å². The highest BCUT2D eigenvalue weighted by atomic mass is 19.1. The Bertz CT molecular complexity index is 409. The summed E-state index contributed by atoms with van der Waals surface area (Å²) in [5.74, 6) is -0.310. The van der Waals surface area contributed by atoms with Crippen molar-refractivity contribution in [2.75, 3.05) is 25.1 Å². The van der Waals surface area contributed by atoms with Crippen LogP contribution in [0, 0.1) is 5.82 Å². The molecule has 1 unspecified atom stereocenters. The number of halogens is 1. The summed E-state index contributed by atoms with van der Waals surface area (Å²) in [5, 5.41) is 9.76. The number of rotatable bonds is 3. The Labute approximate surface area is 107 Å². The second kappa shape index (κ2) is 5.67. The van der Waals surface area contributed by atoms with Crippen LogP contribution in [0.1, 0.15) is 31.4 Å². The molecule has 0 radical (unpaired) electrons. The number of hydrogen-bond donors (Lipinski definition) is 1. The molecule has 0 saturated carbocycles. The molecular formula is C14H20FNO2.